The van der Waals surface area contributed by atoms with E-state index in [1.54, 1.807) is 18.9 Å². The molecule has 0 saturated carbocycles. The summed E-state index contributed by atoms with van der Waals surface area (Å²) >= 11 is 1.69. The van der Waals surface area contributed by atoms with E-state index in [-0.39, 0.29) is 23.5 Å². The highest BCUT2D eigenvalue weighted by molar-refractivity contribution is 7.99. The smallest absolute Gasteiger partial charge is 0.332 e. The van der Waals surface area contributed by atoms with Crippen LogP contribution in [0.25, 0.3) is 0 Å². The number of hydrogen-bond acceptors (Lipinski definition) is 5. The van der Waals surface area contributed by atoms with Crippen LogP contribution in [0.1, 0.15) is 6.92 Å². The zero-order valence-electron chi connectivity index (χ0n) is 10.3. The number of ether oxygens (including phenoxy) is 2. The van der Waals surface area contributed by atoms with E-state index in [4.69, 9.17) is 9.47 Å². The number of nitrogens with zero attached hydrogens (tertiary/aromatic N) is 1. The molecular formula is C13H15NO3S. The van der Waals surface area contributed by atoms with Gasteiger partial charge in [-0.2, -0.15) is 0 Å². The summed E-state index contributed by atoms with van der Waals surface area (Å²) in [5.74, 6) is 1.69. The first-order valence-corrected chi connectivity index (χ1v) is 7.05. The van der Waals surface area contributed by atoms with Crippen LogP contribution in [0, 0.1) is 0 Å². The third kappa shape index (κ3) is 1.73. The zero-order valence-corrected chi connectivity index (χ0v) is 11.1. The number of hydrogen-bond donors (Lipinski definition) is 0. The van der Waals surface area contributed by atoms with E-state index in [1.165, 1.54) is 0 Å². The number of fused-ring (bicyclic) bond motifs is 1. The van der Waals surface area contributed by atoms with E-state index in [2.05, 4.69) is 11.8 Å². The highest BCUT2D eigenvalue weighted by Crippen LogP contribution is 2.47. The van der Waals surface area contributed by atoms with Crippen molar-refractivity contribution in [2.75, 3.05) is 17.8 Å². The third-order valence-corrected chi connectivity index (χ3v) is 4.35. The lowest BCUT2D eigenvalue weighted by Crippen LogP contribution is -2.22. The van der Waals surface area contributed by atoms with Crippen LogP contribution in [-0.4, -0.2) is 36.4 Å². The van der Waals surface area contributed by atoms with Crippen LogP contribution < -0.4 is 9.64 Å². The third-order valence-electron chi connectivity index (χ3n) is 3.31. The van der Waals surface area contributed by atoms with Crippen LogP contribution in [0.3, 0.4) is 0 Å². The Bertz CT molecular complexity index is 462. The van der Waals surface area contributed by atoms with Gasteiger partial charge in [0.05, 0.1) is 7.11 Å². The molecule has 3 rings (SSSR count). The van der Waals surface area contributed by atoms with Gasteiger partial charge in [0.1, 0.15) is 11.8 Å². The number of rotatable bonds is 4. The molecule has 5 heteroatoms. The number of morpholine rings is 1. The molecule has 0 aromatic heterocycles. The number of methoxy groups -OCH3 is 1. The molecule has 0 spiro atoms. The molecule has 1 aromatic carbocycles. The van der Waals surface area contributed by atoms with Gasteiger partial charge in [0.2, 0.25) is 0 Å². The first kappa shape index (κ1) is 11.7. The maximum atomic E-state index is 11.7. The lowest BCUT2D eigenvalue weighted by molar-refractivity contribution is -0.140. The van der Waals surface area contributed by atoms with Crippen molar-refractivity contribution in [3.8, 4) is 5.75 Å². The normalized spacial score (nSPS) is 28.9. The van der Waals surface area contributed by atoms with Gasteiger partial charge >= 0.3 is 5.97 Å². The molecule has 2 aliphatic heterocycles. The number of esters is 1. The van der Waals surface area contributed by atoms with Gasteiger partial charge in [-0.15, -0.1) is 11.8 Å². The van der Waals surface area contributed by atoms with Crippen LogP contribution in [0.4, 0.5) is 5.69 Å². The van der Waals surface area contributed by atoms with Gasteiger partial charge in [-0.25, -0.2) is 4.79 Å². The van der Waals surface area contributed by atoms with E-state index in [0.29, 0.717) is 0 Å². The number of benzene rings is 1. The van der Waals surface area contributed by atoms with Crippen LogP contribution >= 0.6 is 11.8 Å². The molecule has 2 heterocycles. The zero-order chi connectivity index (χ0) is 12.7. The average molecular weight is 265 g/mol. The van der Waals surface area contributed by atoms with Crippen molar-refractivity contribution in [1.29, 1.82) is 0 Å². The number of carbonyl (C=O) groups excluding carboxylic acids is 1. The van der Waals surface area contributed by atoms with Crippen LogP contribution in [0.5, 0.6) is 5.75 Å². The minimum absolute atomic E-state index is 0.0189. The maximum Gasteiger partial charge on any atom is 0.332 e. The largest absolute Gasteiger partial charge is 0.497 e. The van der Waals surface area contributed by atoms with Gasteiger partial charge in [0.25, 0.3) is 0 Å². The predicted octanol–water partition coefficient (Wildman–Crippen LogP) is 1.89. The van der Waals surface area contributed by atoms with Gasteiger partial charge in [-0.1, -0.05) is 6.92 Å². The Labute approximate surface area is 110 Å². The van der Waals surface area contributed by atoms with Crippen molar-refractivity contribution in [2.24, 2.45) is 0 Å². The Morgan fingerprint density at radius 2 is 2.11 bits per heavy atom. The number of thioether (sulfide) groups is 1. The van der Waals surface area contributed by atoms with Crippen molar-refractivity contribution < 1.29 is 14.3 Å². The quantitative estimate of drug-likeness (QED) is 0.614. The molecule has 0 N–H and O–H groups in total. The van der Waals surface area contributed by atoms with E-state index < -0.39 is 0 Å². The Morgan fingerprint density at radius 3 is 2.72 bits per heavy atom. The molecule has 0 amide bonds. The summed E-state index contributed by atoms with van der Waals surface area (Å²) in [6.07, 6.45) is 0. The molecule has 0 aliphatic carbocycles. The van der Waals surface area contributed by atoms with Crippen LogP contribution in [0.2, 0.25) is 0 Å². The van der Waals surface area contributed by atoms with Crippen LogP contribution in [0.15, 0.2) is 24.3 Å². The second-order valence-electron chi connectivity index (χ2n) is 4.30. The summed E-state index contributed by atoms with van der Waals surface area (Å²) in [7, 11) is 1.65. The molecule has 2 aliphatic rings. The molecule has 1 aromatic rings. The van der Waals surface area contributed by atoms with Gasteiger partial charge < -0.3 is 14.4 Å². The van der Waals surface area contributed by atoms with Crippen molar-refractivity contribution in [1.82, 2.24) is 0 Å². The first-order chi connectivity index (χ1) is 8.76. The number of cyclic esters (lactones) is 1. The summed E-state index contributed by atoms with van der Waals surface area (Å²) < 4.78 is 10.4. The van der Waals surface area contributed by atoms with Crippen molar-refractivity contribution in [2.45, 2.75) is 24.4 Å². The minimum atomic E-state index is -0.0956. The molecule has 18 heavy (non-hydrogen) atoms. The fourth-order valence-electron chi connectivity index (χ4n) is 2.42. The second-order valence-corrected chi connectivity index (χ2v) is 5.68. The van der Waals surface area contributed by atoms with Crippen molar-refractivity contribution in [3.63, 3.8) is 0 Å². The standard InChI is InChI=1S/C13H15NO3S/c1-3-18-13-11-10(12(15)17-13)14(11)8-4-6-9(16-2)7-5-8/h4-7,10-11,13H,3H2,1-2H3/t10-,11+,13-,14?/m0/s1. The van der Waals surface area contributed by atoms with E-state index in [1.807, 2.05) is 24.3 Å². The highest BCUT2D eigenvalue weighted by atomic mass is 32.2. The molecule has 2 saturated heterocycles. The Kier molecular flexibility index (Phi) is 2.86. The molecule has 2 fully saturated rings. The first-order valence-electron chi connectivity index (χ1n) is 6.00. The lowest BCUT2D eigenvalue weighted by atomic mass is 10.3. The summed E-state index contributed by atoms with van der Waals surface area (Å²) in [6, 6.07) is 7.92. The Balaban J connectivity index is 1.77. The summed E-state index contributed by atoms with van der Waals surface area (Å²) in [6.45, 7) is 2.08. The molecule has 96 valence electrons. The predicted molar refractivity (Wildman–Crippen MR) is 71.1 cm³/mol. The minimum Gasteiger partial charge on any atom is -0.497 e. The van der Waals surface area contributed by atoms with Gasteiger partial charge in [-0.3, -0.25) is 0 Å². The fourth-order valence-corrected chi connectivity index (χ4v) is 3.39. The molecule has 3 atom stereocenters. The van der Waals surface area contributed by atoms with E-state index in [9.17, 15) is 4.79 Å². The molecule has 4 nitrogen and oxygen atoms in total. The second kappa shape index (κ2) is 4.39. The number of anilines is 1. The molecule has 0 unspecified atom stereocenters. The molecule has 0 bridgehead atoms. The van der Waals surface area contributed by atoms with Gasteiger partial charge in [0, 0.05) is 5.69 Å². The lowest BCUT2D eigenvalue weighted by Gasteiger charge is -2.16. The fraction of sp³-hybridized carbons (Fsp3) is 0.462. The topological polar surface area (TPSA) is 38.5 Å². The van der Waals surface area contributed by atoms with Gasteiger partial charge in [0.15, 0.2) is 11.5 Å². The summed E-state index contributed by atoms with van der Waals surface area (Å²) in [4.78, 5) is 13.8. The molecular weight excluding hydrogens is 250 g/mol. The summed E-state index contributed by atoms with van der Waals surface area (Å²) in [5, 5.41) is 0. The highest BCUT2D eigenvalue weighted by Gasteiger charge is 2.64. The SMILES string of the molecule is CCS[C@@H]1OC(=O)[C@@H]2[C@H]1N2c1ccc(OC)cc1. The number of carbonyl (C=O) groups is 1. The molecule has 0 radical (unpaired) electrons. The van der Waals surface area contributed by atoms with Crippen molar-refractivity contribution in [3.05, 3.63) is 24.3 Å². The maximum absolute atomic E-state index is 11.7. The van der Waals surface area contributed by atoms with E-state index >= 15 is 0 Å². The van der Waals surface area contributed by atoms with Crippen LogP contribution in [-0.2, 0) is 9.53 Å². The summed E-state index contributed by atoms with van der Waals surface area (Å²) in [5.41, 5.74) is 1.04. The van der Waals surface area contributed by atoms with Crippen molar-refractivity contribution >= 4 is 23.4 Å². The monoisotopic (exact) mass is 265 g/mol. The van der Waals surface area contributed by atoms with Gasteiger partial charge in [-0.05, 0) is 30.0 Å². The average Bonchev–Trinajstić information content (AvgIpc) is 3.06. The Morgan fingerprint density at radius 1 is 1.39 bits per heavy atom. The van der Waals surface area contributed by atoms with E-state index in [0.717, 1.165) is 17.2 Å². The Hall–Kier alpha value is -1.36.